The average molecular weight is 232 g/mol. The fraction of sp³-hybridized carbons (Fsp3) is 0.533. The van der Waals surface area contributed by atoms with Gasteiger partial charge in [-0.3, -0.25) is 4.79 Å². The van der Waals surface area contributed by atoms with Gasteiger partial charge in [0.15, 0.2) is 0 Å². The Kier molecular flexibility index (Phi) is 4.32. The van der Waals surface area contributed by atoms with Gasteiger partial charge in [-0.2, -0.15) is 0 Å². The first kappa shape index (κ1) is 12.3. The average Bonchev–Trinajstić information content (AvgIpc) is 2.57. The van der Waals surface area contributed by atoms with E-state index >= 15 is 0 Å². The maximum atomic E-state index is 11.4. The van der Waals surface area contributed by atoms with Crippen LogP contribution in [0.5, 0.6) is 0 Å². The number of ketones is 1. The fourth-order valence-electron chi connectivity index (χ4n) is 2.72. The Balaban J connectivity index is 2.10. The lowest BCUT2D eigenvalue weighted by molar-refractivity contribution is -0.119. The topological polar surface area (TPSA) is 26.3 Å². The number of carbonyl (C=O) groups excluding carboxylic acids is 1. The molecule has 0 saturated heterocycles. The molecule has 2 rings (SSSR count). The Bertz CT molecular complexity index is 358. The summed E-state index contributed by atoms with van der Waals surface area (Å²) in [5, 5.41) is 0. The lowest BCUT2D eigenvalue weighted by atomic mass is 9.89. The number of Topliss-reactive ketones (excluding diaryl/α,β-unsaturated/α-hetero) is 1. The predicted molar refractivity (Wildman–Crippen MR) is 67.8 cm³/mol. The minimum absolute atomic E-state index is 0.141. The van der Waals surface area contributed by atoms with E-state index in [1.807, 2.05) is 18.2 Å². The highest BCUT2D eigenvalue weighted by Gasteiger charge is 2.25. The van der Waals surface area contributed by atoms with E-state index in [0.29, 0.717) is 11.7 Å². The molecule has 0 amide bonds. The van der Waals surface area contributed by atoms with Crippen molar-refractivity contribution in [2.24, 2.45) is 5.92 Å². The smallest absolute Gasteiger partial charge is 0.132 e. The second kappa shape index (κ2) is 5.97. The van der Waals surface area contributed by atoms with Gasteiger partial charge in [0.05, 0.1) is 6.10 Å². The number of hydrogen-bond donors (Lipinski definition) is 0. The molecule has 2 nitrogen and oxygen atoms in total. The summed E-state index contributed by atoms with van der Waals surface area (Å²) in [6, 6.07) is 10.3. The van der Waals surface area contributed by atoms with Gasteiger partial charge in [-0.05, 0) is 30.7 Å². The molecule has 1 unspecified atom stereocenters. The molecule has 1 aliphatic rings. The maximum Gasteiger partial charge on any atom is 0.132 e. The van der Waals surface area contributed by atoms with E-state index in [4.69, 9.17) is 4.74 Å². The fourth-order valence-corrected chi connectivity index (χ4v) is 2.72. The number of ether oxygens (including phenoxy) is 1. The third kappa shape index (κ3) is 3.16. The van der Waals surface area contributed by atoms with Crippen LogP contribution in [0.1, 0.15) is 43.8 Å². The van der Waals surface area contributed by atoms with Gasteiger partial charge in [0, 0.05) is 20.0 Å². The summed E-state index contributed by atoms with van der Waals surface area (Å²) in [5.41, 5.74) is 1.23. The van der Waals surface area contributed by atoms with Crippen molar-refractivity contribution >= 4 is 5.78 Å². The van der Waals surface area contributed by atoms with Crippen LogP contribution < -0.4 is 0 Å². The zero-order valence-electron chi connectivity index (χ0n) is 10.4. The van der Waals surface area contributed by atoms with Crippen molar-refractivity contribution in [3.05, 3.63) is 35.9 Å². The van der Waals surface area contributed by atoms with E-state index in [0.717, 1.165) is 32.1 Å². The van der Waals surface area contributed by atoms with Crippen molar-refractivity contribution in [1.82, 2.24) is 0 Å². The quantitative estimate of drug-likeness (QED) is 0.745. The monoisotopic (exact) mass is 232 g/mol. The summed E-state index contributed by atoms with van der Waals surface area (Å²) in [7, 11) is 1.77. The molecule has 0 radical (unpaired) electrons. The van der Waals surface area contributed by atoms with Crippen LogP contribution in [0.3, 0.4) is 0 Å². The van der Waals surface area contributed by atoms with Crippen LogP contribution in [0.2, 0.25) is 0 Å². The predicted octanol–water partition coefficient (Wildman–Crippen LogP) is 3.52. The normalized spacial score (nSPS) is 23.1. The molecule has 0 spiro atoms. The zero-order valence-corrected chi connectivity index (χ0v) is 10.4. The van der Waals surface area contributed by atoms with Crippen LogP contribution in [0.25, 0.3) is 0 Å². The van der Waals surface area contributed by atoms with Gasteiger partial charge in [0.25, 0.3) is 0 Å². The largest absolute Gasteiger partial charge is 0.376 e. The number of hydrogen-bond acceptors (Lipinski definition) is 2. The van der Waals surface area contributed by atoms with Gasteiger partial charge in [-0.1, -0.05) is 30.3 Å². The summed E-state index contributed by atoms with van der Waals surface area (Å²) in [6.45, 7) is 0. The summed E-state index contributed by atoms with van der Waals surface area (Å²) in [6.07, 6.45) is 4.68. The molecular weight excluding hydrogens is 212 g/mol. The molecule has 2 atom stereocenters. The summed E-state index contributed by atoms with van der Waals surface area (Å²) in [4.78, 5) is 11.4. The molecule has 0 aromatic heterocycles. The summed E-state index contributed by atoms with van der Waals surface area (Å²) >= 11 is 0. The highest BCUT2D eigenvalue weighted by atomic mass is 16.5. The molecule has 1 aromatic carbocycles. The third-order valence-corrected chi connectivity index (χ3v) is 3.63. The number of methoxy groups -OCH3 is 1. The van der Waals surface area contributed by atoms with Gasteiger partial charge in [0.2, 0.25) is 0 Å². The molecule has 92 valence electrons. The van der Waals surface area contributed by atoms with Crippen molar-refractivity contribution in [1.29, 1.82) is 0 Å². The molecule has 1 aliphatic carbocycles. The van der Waals surface area contributed by atoms with E-state index in [1.165, 1.54) is 5.56 Å². The molecule has 0 heterocycles. The van der Waals surface area contributed by atoms with E-state index in [9.17, 15) is 4.79 Å². The zero-order chi connectivity index (χ0) is 12.1. The molecular formula is C15H20O2. The van der Waals surface area contributed by atoms with Gasteiger partial charge in [-0.15, -0.1) is 0 Å². The summed E-state index contributed by atoms with van der Waals surface area (Å²) in [5.74, 6) is 0.893. The van der Waals surface area contributed by atoms with E-state index < -0.39 is 0 Å². The van der Waals surface area contributed by atoms with E-state index in [-0.39, 0.29) is 6.10 Å². The highest BCUT2D eigenvalue weighted by Crippen LogP contribution is 2.34. The van der Waals surface area contributed by atoms with E-state index in [2.05, 4.69) is 12.1 Å². The van der Waals surface area contributed by atoms with Crippen molar-refractivity contribution < 1.29 is 9.53 Å². The lowest BCUT2D eigenvalue weighted by Crippen LogP contribution is -2.14. The van der Waals surface area contributed by atoms with Crippen LogP contribution in [-0.2, 0) is 9.53 Å². The van der Waals surface area contributed by atoms with Gasteiger partial charge in [-0.25, -0.2) is 0 Å². The molecule has 17 heavy (non-hydrogen) atoms. The molecule has 0 N–H and O–H groups in total. The van der Waals surface area contributed by atoms with Crippen molar-refractivity contribution in [3.63, 3.8) is 0 Å². The van der Waals surface area contributed by atoms with E-state index in [1.54, 1.807) is 7.11 Å². The maximum absolute atomic E-state index is 11.4. The minimum Gasteiger partial charge on any atom is -0.376 e. The van der Waals surface area contributed by atoms with Crippen LogP contribution in [0.15, 0.2) is 30.3 Å². The SMILES string of the molecule is CO[C@@H](c1ccccc1)C1CCCC(=O)CC1. The van der Waals surface area contributed by atoms with Crippen LogP contribution in [0.4, 0.5) is 0 Å². The Morgan fingerprint density at radius 1 is 1.18 bits per heavy atom. The first-order chi connectivity index (χ1) is 8.31. The van der Waals surface area contributed by atoms with Crippen LogP contribution in [-0.4, -0.2) is 12.9 Å². The Hall–Kier alpha value is -1.15. The first-order valence-corrected chi connectivity index (χ1v) is 6.40. The molecule has 1 saturated carbocycles. The molecule has 1 aromatic rings. The second-order valence-corrected chi connectivity index (χ2v) is 4.80. The standard InChI is InChI=1S/C15H20O2/c1-17-15(12-6-3-2-4-7-12)13-8-5-9-14(16)11-10-13/h2-4,6-7,13,15H,5,8-11H2,1H3/t13?,15-/m0/s1. The second-order valence-electron chi connectivity index (χ2n) is 4.80. The summed E-state index contributed by atoms with van der Waals surface area (Å²) < 4.78 is 5.66. The van der Waals surface area contributed by atoms with Crippen molar-refractivity contribution in [2.45, 2.75) is 38.2 Å². The number of carbonyl (C=O) groups is 1. The Labute approximate surface area is 103 Å². The lowest BCUT2D eigenvalue weighted by Gasteiger charge is -2.25. The highest BCUT2D eigenvalue weighted by molar-refractivity contribution is 5.78. The van der Waals surface area contributed by atoms with Crippen LogP contribution in [0, 0.1) is 5.92 Å². The number of benzene rings is 1. The Morgan fingerprint density at radius 3 is 2.65 bits per heavy atom. The van der Waals surface area contributed by atoms with Crippen molar-refractivity contribution in [3.8, 4) is 0 Å². The molecule has 0 aliphatic heterocycles. The molecule has 0 bridgehead atoms. The molecule has 1 fully saturated rings. The number of rotatable bonds is 3. The van der Waals surface area contributed by atoms with Gasteiger partial charge >= 0.3 is 0 Å². The van der Waals surface area contributed by atoms with Gasteiger partial charge < -0.3 is 4.74 Å². The minimum atomic E-state index is 0.141. The Morgan fingerprint density at radius 2 is 1.94 bits per heavy atom. The molecule has 2 heteroatoms. The third-order valence-electron chi connectivity index (χ3n) is 3.63. The first-order valence-electron chi connectivity index (χ1n) is 6.40. The van der Waals surface area contributed by atoms with Crippen molar-refractivity contribution in [2.75, 3.05) is 7.11 Å². The van der Waals surface area contributed by atoms with Gasteiger partial charge in [0.1, 0.15) is 5.78 Å². The van der Waals surface area contributed by atoms with Crippen LogP contribution >= 0.6 is 0 Å².